The molecule has 0 spiro atoms. The van der Waals surface area contributed by atoms with E-state index in [-0.39, 0.29) is 11.8 Å². The largest absolute Gasteiger partial charge is 0.406 e. The van der Waals surface area contributed by atoms with E-state index in [1.165, 1.54) is 6.20 Å². The van der Waals surface area contributed by atoms with Crippen LogP contribution in [0.2, 0.25) is 0 Å². The van der Waals surface area contributed by atoms with E-state index in [1.54, 1.807) is 13.0 Å². The molecule has 29 heavy (non-hydrogen) atoms. The molecule has 1 saturated carbocycles. The van der Waals surface area contributed by atoms with E-state index in [0.717, 1.165) is 23.1 Å². The number of carbonyl (C=O) groups excluding carboxylic acids is 1. The van der Waals surface area contributed by atoms with Gasteiger partial charge in [0.05, 0.1) is 5.60 Å². The van der Waals surface area contributed by atoms with Crippen molar-refractivity contribution in [2.24, 2.45) is 11.8 Å². The van der Waals surface area contributed by atoms with E-state index in [9.17, 15) is 23.1 Å². The number of piperidine rings is 1. The van der Waals surface area contributed by atoms with Crippen molar-refractivity contribution in [2.45, 2.75) is 57.3 Å². The first kappa shape index (κ1) is 20.2. The maximum Gasteiger partial charge on any atom is 0.406 e. The lowest BCUT2D eigenvalue weighted by Crippen LogP contribution is -2.51. The van der Waals surface area contributed by atoms with Gasteiger partial charge in [-0.2, -0.15) is 13.2 Å². The summed E-state index contributed by atoms with van der Waals surface area (Å²) in [4.78, 5) is 18.9. The van der Waals surface area contributed by atoms with Gasteiger partial charge in [0.25, 0.3) is 0 Å². The third-order valence-corrected chi connectivity index (χ3v) is 6.16. The Balaban J connectivity index is 1.35. The number of fused-ring (bicyclic) bond motifs is 1. The highest BCUT2D eigenvalue weighted by molar-refractivity contribution is 5.80. The van der Waals surface area contributed by atoms with Gasteiger partial charge < -0.3 is 14.6 Å². The van der Waals surface area contributed by atoms with Crippen molar-refractivity contribution in [3.8, 4) is 0 Å². The minimum Gasteiger partial charge on any atom is -0.390 e. The second kappa shape index (κ2) is 7.31. The summed E-state index contributed by atoms with van der Waals surface area (Å²) in [6.07, 6.45) is 0.637. The number of nitrogens with zero attached hydrogens (tertiary/aromatic N) is 3. The van der Waals surface area contributed by atoms with E-state index in [4.69, 9.17) is 0 Å². The van der Waals surface area contributed by atoms with E-state index < -0.39 is 18.3 Å². The normalized spacial score (nSPS) is 26.0. The second-order valence-electron chi connectivity index (χ2n) is 8.85. The van der Waals surface area contributed by atoms with Crippen molar-refractivity contribution < 1.29 is 23.1 Å². The van der Waals surface area contributed by atoms with Crippen LogP contribution in [-0.2, 0) is 17.8 Å². The summed E-state index contributed by atoms with van der Waals surface area (Å²) in [6.45, 7) is 2.10. The first-order valence-corrected chi connectivity index (χ1v) is 10.1. The van der Waals surface area contributed by atoms with Crippen LogP contribution in [0.5, 0.6) is 0 Å². The number of alkyl halides is 3. The van der Waals surface area contributed by atoms with Gasteiger partial charge in [0.2, 0.25) is 5.91 Å². The Kier molecular flexibility index (Phi) is 5.09. The lowest BCUT2D eigenvalue weighted by Gasteiger charge is -2.43. The first-order valence-electron chi connectivity index (χ1n) is 10.1. The number of halogens is 3. The fraction of sp³-hybridized carbons (Fsp3) is 0.619. The summed E-state index contributed by atoms with van der Waals surface area (Å²) in [7, 11) is 0. The summed E-state index contributed by atoms with van der Waals surface area (Å²) < 4.78 is 39.4. The Bertz CT molecular complexity index is 890. The van der Waals surface area contributed by atoms with Gasteiger partial charge in [0.1, 0.15) is 12.2 Å². The highest BCUT2D eigenvalue weighted by Gasteiger charge is 2.44. The van der Waals surface area contributed by atoms with Gasteiger partial charge in [-0.15, -0.1) is 0 Å². The molecule has 1 amide bonds. The van der Waals surface area contributed by atoms with Crippen LogP contribution in [0.1, 0.15) is 38.3 Å². The quantitative estimate of drug-likeness (QED) is 0.840. The number of rotatable bonds is 4. The zero-order valence-corrected chi connectivity index (χ0v) is 16.5. The number of carbonyl (C=O) groups is 1. The van der Waals surface area contributed by atoms with Gasteiger partial charge >= 0.3 is 6.18 Å². The van der Waals surface area contributed by atoms with Crippen LogP contribution in [0.4, 0.5) is 13.2 Å². The third kappa shape index (κ3) is 4.57. The van der Waals surface area contributed by atoms with Gasteiger partial charge in [0.15, 0.2) is 0 Å². The predicted octanol–water partition coefficient (Wildman–Crippen LogP) is 3.54. The fourth-order valence-corrected chi connectivity index (χ4v) is 4.62. The SMILES string of the molecule is CC1(O)CC(C(=O)N2CCC(Cc3ccc4ccn(CC(F)(F)F)c4n3)CC2)C1. The molecule has 1 aliphatic heterocycles. The molecule has 1 saturated heterocycles. The molecule has 0 unspecified atom stereocenters. The maximum absolute atomic E-state index is 12.8. The summed E-state index contributed by atoms with van der Waals surface area (Å²) in [5.41, 5.74) is 0.455. The van der Waals surface area contributed by atoms with E-state index in [0.29, 0.717) is 49.3 Å². The van der Waals surface area contributed by atoms with Crippen LogP contribution >= 0.6 is 0 Å². The van der Waals surface area contributed by atoms with Crippen LogP contribution in [-0.4, -0.2) is 50.3 Å². The molecule has 4 rings (SSSR count). The van der Waals surface area contributed by atoms with Crippen LogP contribution in [0.25, 0.3) is 11.0 Å². The van der Waals surface area contributed by atoms with Crippen molar-refractivity contribution >= 4 is 16.9 Å². The Morgan fingerprint density at radius 3 is 2.55 bits per heavy atom. The van der Waals surface area contributed by atoms with Crippen molar-refractivity contribution in [2.75, 3.05) is 13.1 Å². The number of aliphatic hydroxyl groups is 1. The molecule has 1 aliphatic carbocycles. The lowest BCUT2D eigenvalue weighted by atomic mass is 9.71. The summed E-state index contributed by atoms with van der Waals surface area (Å²) in [5.74, 6) is 0.436. The zero-order valence-electron chi connectivity index (χ0n) is 16.5. The van der Waals surface area contributed by atoms with Gasteiger partial charge in [-0.3, -0.25) is 4.79 Å². The van der Waals surface area contributed by atoms with Gasteiger partial charge in [-0.05, 0) is 63.1 Å². The molecule has 2 fully saturated rings. The number of likely N-dealkylation sites (tertiary alicyclic amines) is 1. The van der Waals surface area contributed by atoms with Crippen molar-refractivity contribution in [1.82, 2.24) is 14.5 Å². The van der Waals surface area contributed by atoms with E-state index in [1.807, 2.05) is 17.0 Å². The minimum absolute atomic E-state index is 0.0629. The number of amides is 1. The van der Waals surface area contributed by atoms with Crippen molar-refractivity contribution in [1.29, 1.82) is 0 Å². The monoisotopic (exact) mass is 409 g/mol. The smallest absolute Gasteiger partial charge is 0.390 e. The van der Waals surface area contributed by atoms with Crippen molar-refractivity contribution in [3.63, 3.8) is 0 Å². The molecular formula is C21H26F3N3O2. The Morgan fingerprint density at radius 2 is 1.93 bits per heavy atom. The molecule has 2 aromatic rings. The highest BCUT2D eigenvalue weighted by Crippen LogP contribution is 2.39. The highest BCUT2D eigenvalue weighted by atomic mass is 19.4. The van der Waals surface area contributed by atoms with Crippen LogP contribution in [0.3, 0.4) is 0 Å². The van der Waals surface area contributed by atoms with Gasteiger partial charge in [-0.1, -0.05) is 0 Å². The molecule has 3 heterocycles. The van der Waals surface area contributed by atoms with Crippen molar-refractivity contribution in [3.05, 3.63) is 30.1 Å². The molecule has 2 aromatic heterocycles. The average Bonchev–Trinajstić information content (AvgIpc) is 3.00. The van der Waals surface area contributed by atoms with Gasteiger partial charge in [0, 0.05) is 36.3 Å². The Hall–Kier alpha value is -2.09. The Morgan fingerprint density at radius 1 is 1.24 bits per heavy atom. The predicted molar refractivity (Wildman–Crippen MR) is 102 cm³/mol. The maximum atomic E-state index is 12.8. The second-order valence-corrected chi connectivity index (χ2v) is 8.85. The topological polar surface area (TPSA) is 58.4 Å². The zero-order chi connectivity index (χ0) is 20.8. The third-order valence-electron chi connectivity index (χ3n) is 6.16. The van der Waals surface area contributed by atoms with Gasteiger partial charge in [-0.25, -0.2) is 4.98 Å². The van der Waals surface area contributed by atoms with E-state index in [2.05, 4.69) is 4.98 Å². The number of hydrogen-bond acceptors (Lipinski definition) is 3. The minimum atomic E-state index is -4.28. The molecule has 5 nitrogen and oxygen atoms in total. The molecule has 8 heteroatoms. The number of aromatic nitrogens is 2. The molecule has 0 radical (unpaired) electrons. The summed E-state index contributed by atoms with van der Waals surface area (Å²) in [5, 5.41) is 10.5. The summed E-state index contributed by atoms with van der Waals surface area (Å²) in [6, 6.07) is 5.36. The van der Waals surface area contributed by atoms with Crippen LogP contribution in [0, 0.1) is 11.8 Å². The number of pyridine rings is 1. The standard InChI is InChI=1S/C21H26F3N3O2/c1-20(29)11-16(12-20)19(28)26-7-4-14(5-8-26)10-17-3-2-15-6-9-27(18(15)25-17)13-21(22,23)24/h2-3,6,9,14,16,29H,4-5,7-8,10-13H2,1H3. The molecule has 2 aliphatic rings. The summed E-state index contributed by atoms with van der Waals surface area (Å²) >= 11 is 0. The first-order chi connectivity index (χ1) is 13.6. The molecule has 0 atom stereocenters. The molecule has 0 aromatic carbocycles. The molecular weight excluding hydrogens is 383 g/mol. The number of hydrogen-bond donors (Lipinski definition) is 1. The lowest BCUT2D eigenvalue weighted by molar-refractivity contribution is -0.151. The fourth-order valence-electron chi connectivity index (χ4n) is 4.62. The Labute approximate surface area is 167 Å². The molecule has 158 valence electrons. The van der Waals surface area contributed by atoms with Crippen LogP contribution in [0.15, 0.2) is 24.4 Å². The van der Waals surface area contributed by atoms with E-state index >= 15 is 0 Å². The molecule has 1 N–H and O–H groups in total. The molecule has 0 bridgehead atoms. The average molecular weight is 409 g/mol. The van der Waals surface area contributed by atoms with Crippen LogP contribution < -0.4 is 0 Å².